The summed E-state index contributed by atoms with van der Waals surface area (Å²) in [5.74, 6) is -3.78. The summed E-state index contributed by atoms with van der Waals surface area (Å²) in [6, 6.07) is 12.6. The van der Waals surface area contributed by atoms with E-state index in [-0.39, 0.29) is 46.9 Å². The first kappa shape index (κ1) is 31.1. The number of carbonyl (C=O) groups excluding carboxylic acids is 2. The number of hydrogen-bond donors (Lipinski definition) is 1. The number of nitrogens with two attached hydrogens (primary N) is 1. The van der Waals surface area contributed by atoms with Crippen LogP contribution >= 0.6 is 11.6 Å². The van der Waals surface area contributed by atoms with Gasteiger partial charge in [0.2, 0.25) is 5.91 Å². The monoisotopic (exact) mass is 602 g/mol. The molecule has 3 aromatic carbocycles. The third-order valence-electron chi connectivity index (χ3n) is 7.04. The largest absolute Gasteiger partial charge is 0.494 e. The van der Waals surface area contributed by atoms with E-state index >= 15 is 8.78 Å². The first-order valence-electron chi connectivity index (χ1n) is 13.1. The number of ether oxygens (including phenoxy) is 4. The molecule has 0 bridgehead atoms. The molecule has 1 aliphatic rings. The predicted molar refractivity (Wildman–Crippen MR) is 154 cm³/mol. The van der Waals surface area contributed by atoms with E-state index in [2.05, 4.69) is 0 Å². The molecule has 42 heavy (non-hydrogen) atoms. The number of methoxy groups -OCH3 is 2. The Bertz CT molecular complexity index is 1510. The van der Waals surface area contributed by atoms with Crippen molar-refractivity contribution in [2.24, 2.45) is 5.73 Å². The predicted octanol–water partition coefficient (Wildman–Crippen LogP) is 6.28. The Balaban J connectivity index is 2.04. The van der Waals surface area contributed by atoms with Crippen molar-refractivity contribution < 1.29 is 37.3 Å². The van der Waals surface area contributed by atoms with Gasteiger partial charge in [0.25, 0.3) is 0 Å². The lowest BCUT2D eigenvalue weighted by Crippen LogP contribution is -2.49. The minimum atomic E-state index is -1.38. The van der Waals surface area contributed by atoms with Gasteiger partial charge in [0, 0.05) is 36.9 Å². The summed E-state index contributed by atoms with van der Waals surface area (Å²) < 4.78 is 54.5. The molecule has 2 N–H and O–H groups in total. The highest BCUT2D eigenvalue weighted by Crippen LogP contribution is 2.57. The Hall–Kier alpha value is -3.89. The van der Waals surface area contributed by atoms with Gasteiger partial charge >= 0.3 is 6.09 Å². The minimum absolute atomic E-state index is 0.0174. The molecular weight excluding hydrogens is 570 g/mol. The van der Waals surface area contributed by atoms with Crippen LogP contribution in [0.2, 0.25) is 5.02 Å². The fourth-order valence-corrected chi connectivity index (χ4v) is 5.56. The summed E-state index contributed by atoms with van der Waals surface area (Å²) in [7, 11) is 4.28. The third-order valence-corrected chi connectivity index (χ3v) is 7.41. The molecule has 2 amide bonds. The van der Waals surface area contributed by atoms with Gasteiger partial charge in [-0.25, -0.2) is 13.6 Å². The van der Waals surface area contributed by atoms with Gasteiger partial charge in [-0.2, -0.15) is 0 Å². The van der Waals surface area contributed by atoms with E-state index in [1.54, 1.807) is 52.1 Å². The standard InChI is InChI=1S/C31H33ClF2N2O6/c1-30(2,3)42-29(38)36(4)16-31(17-10-8-7-9-11-17)19(15-39-5)24-22(41-31)14-20(33)26(32)25(24)23-18(28(35)37)12-13-21(40-6)27(23)34/h7-14,19H,15-16H2,1-6H3,(H2,35,37). The summed E-state index contributed by atoms with van der Waals surface area (Å²) >= 11 is 6.57. The lowest BCUT2D eigenvalue weighted by atomic mass is 9.76. The second-order valence-corrected chi connectivity index (χ2v) is 11.4. The number of likely N-dealkylation sites (N-methyl/N-ethyl adjacent to an activating group) is 1. The Morgan fingerprint density at radius 3 is 2.33 bits per heavy atom. The first-order valence-corrected chi connectivity index (χ1v) is 13.5. The SMILES string of the molecule is COCC1c2c(cc(F)c(Cl)c2-c2c(C(N)=O)ccc(OC)c2F)OC1(CN(C)C(=O)OC(C)(C)C)c1ccccc1. The second-order valence-electron chi connectivity index (χ2n) is 11.0. The zero-order chi connectivity index (χ0) is 31.0. The molecule has 224 valence electrons. The Morgan fingerprint density at radius 1 is 1.10 bits per heavy atom. The van der Waals surface area contributed by atoms with E-state index in [1.165, 1.54) is 31.3 Å². The summed E-state index contributed by atoms with van der Waals surface area (Å²) in [6.07, 6.45) is -0.618. The van der Waals surface area contributed by atoms with E-state index in [9.17, 15) is 9.59 Å². The maximum Gasteiger partial charge on any atom is 0.410 e. The number of hydrogen-bond acceptors (Lipinski definition) is 6. The second kappa shape index (κ2) is 11.8. The summed E-state index contributed by atoms with van der Waals surface area (Å²) in [4.78, 5) is 27.0. The topological polar surface area (TPSA) is 100 Å². The Morgan fingerprint density at radius 2 is 1.76 bits per heavy atom. The molecule has 3 aromatic rings. The molecule has 0 saturated heterocycles. The maximum atomic E-state index is 16.0. The highest BCUT2D eigenvalue weighted by atomic mass is 35.5. The lowest BCUT2D eigenvalue weighted by molar-refractivity contribution is -0.0133. The number of carbonyl (C=O) groups is 2. The molecule has 0 radical (unpaired) electrons. The van der Waals surface area contributed by atoms with Crippen LogP contribution in [0.25, 0.3) is 11.1 Å². The molecular formula is C31H33ClF2N2O6. The van der Waals surface area contributed by atoms with Crippen molar-refractivity contribution in [3.63, 3.8) is 0 Å². The van der Waals surface area contributed by atoms with E-state index in [4.69, 9.17) is 36.3 Å². The third kappa shape index (κ3) is 5.61. The van der Waals surface area contributed by atoms with Crippen LogP contribution in [0.15, 0.2) is 48.5 Å². The van der Waals surface area contributed by atoms with Gasteiger partial charge in [-0.3, -0.25) is 4.79 Å². The molecule has 0 saturated carbocycles. The molecule has 11 heteroatoms. The van der Waals surface area contributed by atoms with Crippen LogP contribution in [0, 0.1) is 11.6 Å². The molecule has 2 unspecified atom stereocenters. The molecule has 2 atom stereocenters. The van der Waals surface area contributed by atoms with Gasteiger partial charge in [0.1, 0.15) is 17.2 Å². The van der Waals surface area contributed by atoms with Crippen molar-refractivity contribution in [2.45, 2.75) is 37.9 Å². The van der Waals surface area contributed by atoms with Crippen LogP contribution in [0.4, 0.5) is 13.6 Å². The molecule has 0 fully saturated rings. The summed E-state index contributed by atoms with van der Waals surface area (Å²) in [5, 5.41) is -0.447. The number of fused-ring (bicyclic) bond motifs is 1. The van der Waals surface area contributed by atoms with Crippen molar-refractivity contribution in [3.8, 4) is 22.6 Å². The maximum absolute atomic E-state index is 16.0. The summed E-state index contributed by atoms with van der Waals surface area (Å²) in [6.45, 7) is 5.15. The van der Waals surface area contributed by atoms with Crippen LogP contribution in [-0.4, -0.2) is 56.9 Å². The molecule has 0 aromatic heterocycles. The average molecular weight is 603 g/mol. The van der Waals surface area contributed by atoms with E-state index in [0.717, 1.165) is 6.07 Å². The van der Waals surface area contributed by atoms with Gasteiger partial charge in [-0.15, -0.1) is 0 Å². The van der Waals surface area contributed by atoms with Crippen LogP contribution in [-0.2, 0) is 15.1 Å². The minimum Gasteiger partial charge on any atom is -0.494 e. The normalized spacial score (nSPS) is 17.8. The fourth-order valence-electron chi connectivity index (χ4n) is 5.31. The van der Waals surface area contributed by atoms with Crippen molar-refractivity contribution in [1.82, 2.24) is 4.90 Å². The Kier molecular flexibility index (Phi) is 8.71. The number of halogens is 3. The number of primary amides is 1. The number of benzene rings is 3. The zero-order valence-electron chi connectivity index (χ0n) is 24.2. The molecule has 1 aliphatic heterocycles. The van der Waals surface area contributed by atoms with Gasteiger partial charge in [0.05, 0.1) is 36.8 Å². The van der Waals surface area contributed by atoms with Gasteiger partial charge in [0.15, 0.2) is 17.2 Å². The summed E-state index contributed by atoms with van der Waals surface area (Å²) in [5.41, 5.74) is 3.70. The van der Waals surface area contributed by atoms with Crippen LogP contribution in [0.5, 0.6) is 11.5 Å². The quantitative estimate of drug-likeness (QED) is 0.326. The van der Waals surface area contributed by atoms with E-state index < -0.39 is 45.8 Å². The zero-order valence-corrected chi connectivity index (χ0v) is 25.0. The van der Waals surface area contributed by atoms with Gasteiger partial charge in [-0.05, 0) is 38.5 Å². The van der Waals surface area contributed by atoms with Crippen molar-refractivity contribution in [1.29, 1.82) is 0 Å². The number of amides is 2. The van der Waals surface area contributed by atoms with Crippen molar-refractivity contribution >= 4 is 23.6 Å². The molecule has 4 rings (SSSR count). The Labute approximate surface area is 248 Å². The molecule has 0 spiro atoms. The smallest absolute Gasteiger partial charge is 0.410 e. The highest BCUT2D eigenvalue weighted by Gasteiger charge is 2.53. The van der Waals surface area contributed by atoms with Crippen LogP contribution < -0.4 is 15.2 Å². The van der Waals surface area contributed by atoms with Crippen molar-refractivity contribution in [2.75, 3.05) is 34.4 Å². The molecule has 0 aliphatic carbocycles. The van der Waals surface area contributed by atoms with E-state index in [1.807, 2.05) is 6.07 Å². The molecule has 8 nitrogen and oxygen atoms in total. The van der Waals surface area contributed by atoms with Crippen molar-refractivity contribution in [3.05, 3.63) is 81.9 Å². The number of rotatable bonds is 8. The van der Waals surface area contributed by atoms with Crippen LogP contribution in [0.1, 0.15) is 48.2 Å². The van der Waals surface area contributed by atoms with Gasteiger partial charge < -0.3 is 29.6 Å². The van der Waals surface area contributed by atoms with Crippen LogP contribution in [0.3, 0.4) is 0 Å². The fraction of sp³-hybridized carbons (Fsp3) is 0.355. The van der Waals surface area contributed by atoms with E-state index in [0.29, 0.717) is 5.56 Å². The number of nitrogens with zero attached hydrogens (tertiary/aromatic N) is 1. The highest BCUT2D eigenvalue weighted by molar-refractivity contribution is 6.34. The lowest BCUT2D eigenvalue weighted by Gasteiger charge is -2.38. The first-order chi connectivity index (χ1) is 19.8. The average Bonchev–Trinajstić information content (AvgIpc) is 3.22. The van der Waals surface area contributed by atoms with Gasteiger partial charge in [-0.1, -0.05) is 41.9 Å². The molecule has 1 heterocycles.